The summed E-state index contributed by atoms with van der Waals surface area (Å²) in [6.07, 6.45) is 0. The van der Waals surface area contributed by atoms with Crippen molar-refractivity contribution in [3.8, 4) is 39.1 Å². The minimum Gasteiger partial charge on any atom is -0.309 e. The lowest BCUT2D eigenvalue weighted by Crippen LogP contribution is -1.95. The van der Waals surface area contributed by atoms with Crippen LogP contribution < -0.4 is 0 Å². The normalized spacial score (nSPS) is 12.7. The maximum absolute atomic E-state index is 2.52. The molecule has 0 N–H and O–H groups in total. The van der Waals surface area contributed by atoms with Gasteiger partial charge >= 0.3 is 0 Å². The molecule has 0 atom stereocenters. The Hall–Kier alpha value is -6.42. The van der Waals surface area contributed by atoms with E-state index in [1.165, 1.54) is 119 Å². The highest BCUT2D eigenvalue weighted by Crippen LogP contribution is 2.50. The molecule has 1 aliphatic rings. The number of hydrogen-bond acceptors (Lipinski definition) is 1. The molecule has 0 aliphatic heterocycles. The summed E-state index contributed by atoms with van der Waals surface area (Å²) in [6, 6.07) is 58.9. The zero-order chi connectivity index (χ0) is 32.9. The number of fused-ring (bicyclic) bond motifs is 14. The van der Waals surface area contributed by atoms with E-state index in [0.29, 0.717) is 0 Å². The third-order valence-electron chi connectivity index (χ3n) is 11.6. The summed E-state index contributed by atoms with van der Waals surface area (Å²) in [5.74, 6) is 0. The first kappa shape index (κ1) is 26.4. The van der Waals surface area contributed by atoms with Crippen molar-refractivity contribution in [2.24, 2.45) is 0 Å². The van der Waals surface area contributed by atoms with Crippen LogP contribution in [0.2, 0.25) is 0 Å². The van der Waals surface area contributed by atoms with E-state index in [2.05, 4.69) is 167 Å². The second-order valence-corrected chi connectivity index (χ2v) is 15.1. The molecule has 0 fully saturated rings. The summed E-state index contributed by atoms with van der Waals surface area (Å²) in [6.45, 7) is 0. The Balaban J connectivity index is 1.04. The van der Waals surface area contributed by atoms with Crippen LogP contribution in [0.5, 0.6) is 0 Å². The van der Waals surface area contributed by atoms with E-state index in [1.807, 2.05) is 11.3 Å². The van der Waals surface area contributed by atoms with Crippen LogP contribution in [0.3, 0.4) is 0 Å². The van der Waals surface area contributed by atoms with Crippen molar-refractivity contribution in [1.82, 2.24) is 8.97 Å². The molecule has 0 unspecified atom stereocenters. The average molecular weight is 663 g/mol. The Bertz CT molecular complexity index is 3450. The van der Waals surface area contributed by atoms with Gasteiger partial charge in [-0.2, -0.15) is 0 Å². The van der Waals surface area contributed by atoms with Gasteiger partial charge in [0.05, 0.1) is 38.0 Å². The van der Waals surface area contributed by atoms with Crippen molar-refractivity contribution in [3.05, 3.63) is 158 Å². The molecule has 4 aromatic heterocycles. The molecule has 51 heavy (non-hydrogen) atoms. The molecule has 1 aliphatic carbocycles. The summed E-state index contributed by atoms with van der Waals surface area (Å²) in [5.41, 5.74) is 15.4. The zero-order valence-electron chi connectivity index (χ0n) is 27.3. The van der Waals surface area contributed by atoms with E-state index in [0.717, 1.165) is 0 Å². The molecule has 8 aromatic carbocycles. The smallest absolute Gasteiger partial charge is 0.0728 e. The molecule has 13 rings (SSSR count). The highest BCUT2D eigenvalue weighted by molar-refractivity contribution is 7.26. The fraction of sp³-hybridized carbons (Fsp3) is 0. The van der Waals surface area contributed by atoms with Gasteiger partial charge < -0.3 is 8.97 Å². The maximum atomic E-state index is 2.52. The van der Waals surface area contributed by atoms with Gasteiger partial charge in [0.25, 0.3) is 0 Å². The number of para-hydroxylation sites is 2. The van der Waals surface area contributed by atoms with Crippen LogP contribution in [0, 0.1) is 0 Å². The number of rotatable bonds is 2. The molecule has 0 radical (unpaired) electrons. The number of benzene rings is 8. The van der Waals surface area contributed by atoms with Crippen molar-refractivity contribution in [2.75, 3.05) is 0 Å². The van der Waals surface area contributed by atoms with Gasteiger partial charge in [-0.1, -0.05) is 115 Å². The zero-order valence-corrected chi connectivity index (χ0v) is 28.1. The fourth-order valence-electron chi connectivity index (χ4n) is 9.50. The van der Waals surface area contributed by atoms with Gasteiger partial charge in [0.1, 0.15) is 0 Å². The average Bonchev–Trinajstić information content (AvgIpc) is 3.97. The van der Waals surface area contributed by atoms with Crippen LogP contribution in [0.4, 0.5) is 0 Å². The molecule has 12 aromatic rings. The first-order valence-electron chi connectivity index (χ1n) is 17.6. The molecule has 2 nitrogen and oxygen atoms in total. The molecular formula is C48H26N2S. The largest absolute Gasteiger partial charge is 0.309 e. The third kappa shape index (κ3) is 3.19. The lowest BCUT2D eigenvalue weighted by atomic mass is 10.00. The topological polar surface area (TPSA) is 9.34 Å². The van der Waals surface area contributed by atoms with Gasteiger partial charge in [-0.25, -0.2) is 0 Å². The third-order valence-corrected chi connectivity index (χ3v) is 12.8. The van der Waals surface area contributed by atoms with Crippen LogP contribution in [-0.4, -0.2) is 8.97 Å². The second-order valence-electron chi connectivity index (χ2n) is 14.0. The van der Waals surface area contributed by atoms with Gasteiger partial charge in [-0.15, -0.1) is 11.3 Å². The Labute approximate surface area is 296 Å². The molecule has 0 saturated carbocycles. The lowest BCUT2D eigenvalue weighted by molar-refractivity contribution is 1.20. The van der Waals surface area contributed by atoms with E-state index >= 15 is 0 Å². The van der Waals surface area contributed by atoms with Crippen LogP contribution in [0.25, 0.3) is 119 Å². The Morgan fingerprint density at radius 1 is 0.373 bits per heavy atom. The summed E-state index contributed by atoms with van der Waals surface area (Å²) >= 11 is 1.91. The number of thiophene rings is 1. The van der Waals surface area contributed by atoms with Crippen molar-refractivity contribution in [3.63, 3.8) is 0 Å². The number of nitrogens with zero attached hydrogens (tertiary/aromatic N) is 2. The van der Waals surface area contributed by atoms with E-state index in [1.54, 1.807) is 0 Å². The lowest BCUT2D eigenvalue weighted by Gasteiger charge is -2.13. The minimum absolute atomic E-state index is 1.22. The minimum atomic E-state index is 1.22. The van der Waals surface area contributed by atoms with Gasteiger partial charge in [-0.3, -0.25) is 0 Å². The van der Waals surface area contributed by atoms with Crippen molar-refractivity contribution >= 4 is 91.4 Å². The Kier molecular flexibility index (Phi) is 4.78. The summed E-state index contributed by atoms with van der Waals surface area (Å²) in [5, 5.41) is 10.5. The Morgan fingerprint density at radius 2 is 0.980 bits per heavy atom. The van der Waals surface area contributed by atoms with Crippen molar-refractivity contribution in [1.29, 1.82) is 0 Å². The second kappa shape index (κ2) is 9.22. The van der Waals surface area contributed by atoms with Crippen molar-refractivity contribution < 1.29 is 0 Å². The van der Waals surface area contributed by atoms with Crippen LogP contribution in [0.1, 0.15) is 0 Å². The predicted octanol–water partition coefficient (Wildman–Crippen LogP) is 13.6. The van der Waals surface area contributed by atoms with Gasteiger partial charge in [0.2, 0.25) is 0 Å². The fourth-order valence-corrected chi connectivity index (χ4v) is 10.7. The van der Waals surface area contributed by atoms with Crippen LogP contribution in [-0.2, 0) is 0 Å². The number of hydrogen-bond donors (Lipinski definition) is 0. The first-order chi connectivity index (χ1) is 25.3. The molecule has 3 heteroatoms. The molecule has 0 amide bonds. The van der Waals surface area contributed by atoms with Crippen LogP contribution in [0.15, 0.2) is 158 Å². The molecule has 0 saturated heterocycles. The van der Waals surface area contributed by atoms with Gasteiger partial charge in [0.15, 0.2) is 0 Å². The quantitative estimate of drug-likeness (QED) is 0.174. The molecule has 0 bridgehead atoms. The van der Waals surface area contributed by atoms with E-state index in [4.69, 9.17) is 0 Å². The highest BCUT2D eigenvalue weighted by Gasteiger charge is 2.24. The standard InChI is InChI=1S/C48H26N2S/c1-2-10-30-29(9-1)32-13-7-15-35-41(24-21-33(30)45(32)35)49-40-17-5-3-11-31(40)38-25-27(19-22-42(38)49)28-20-23-43-39(26-28)34-14-8-16-37-46(34)50(43)47-36-12-4-6-18-44(36)51-48(37)47/h1-26H. The molecule has 4 heterocycles. The summed E-state index contributed by atoms with van der Waals surface area (Å²) in [4.78, 5) is 0. The Morgan fingerprint density at radius 3 is 1.84 bits per heavy atom. The summed E-state index contributed by atoms with van der Waals surface area (Å²) in [7, 11) is 0. The van der Waals surface area contributed by atoms with E-state index < -0.39 is 0 Å². The predicted molar refractivity (Wildman–Crippen MR) is 218 cm³/mol. The first-order valence-corrected chi connectivity index (χ1v) is 18.4. The maximum Gasteiger partial charge on any atom is 0.0728 e. The van der Waals surface area contributed by atoms with Crippen molar-refractivity contribution in [2.45, 2.75) is 0 Å². The van der Waals surface area contributed by atoms with E-state index in [-0.39, 0.29) is 0 Å². The van der Waals surface area contributed by atoms with Gasteiger partial charge in [-0.05, 0) is 81.2 Å². The van der Waals surface area contributed by atoms with Gasteiger partial charge in [0, 0.05) is 42.4 Å². The monoisotopic (exact) mass is 662 g/mol. The van der Waals surface area contributed by atoms with Crippen LogP contribution >= 0.6 is 11.3 Å². The van der Waals surface area contributed by atoms with E-state index in [9.17, 15) is 0 Å². The SMILES string of the molecule is c1ccc2c(c1)-c1cccc3c(-n4c5ccccc5c5cc(-c6ccc7c(c6)c6cccc8c9sc%10ccccc%10c9n7c68)ccc54)ccc-2c13. The molecular weight excluding hydrogens is 637 g/mol. The summed E-state index contributed by atoms with van der Waals surface area (Å²) < 4.78 is 7.73. The molecule has 0 spiro atoms. The highest BCUT2D eigenvalue weighted by atomic mass is 32.1. The molecule has 234 valence electrons. The number of aromatic nitrogens is 2.